The molecular formula is C18H15KN2O3. The first kappa shape index (κ1) is 18.9. The van der Waals surface area contributed by atoms with E-state index in [2.05, 4.69) is 0 Å². The Kier molecular flexibility index (Phi) is 6.76. The Labute approximate surface area is 183 Å². The summed E-state index contributed by atoms with van der Waals surface area (Å²) in [6.45, 7) is 0.491. The summed E-state index contributed by atoms with van der Waals surface area (Å²) in [6.07, 6.45) is 0.341. The van der Waals surface area contributed by atoms with Gasteiger partial charge in [-0.3, -0.25) is 9.59 Å². The van der Waals surface area contributed by atoms with Crippen LogP contribution in [0, 0.1) is 0 Å². The van der Waals surface area contributed by atoms with Crippen LogP contribution in [0.5, 0.6) is 0 Å². The fourth-order valence-corrected chi connectivity index (χ4v) is 2.52. The second-order valence-corrected chi connectivity index (χ2v) is 5.23. The molecule has 2 amide bonds. The monoisotopic (exact) mass is 346 g/mol. The molecule has 0 radical (unpaired) electrons. The molecule has 0 spiro atoms. The summed E-state index contributed by atoms with van der Waals surface area (Å²) in [5, 5.41) is 13.7. The van der Waals surface area contributed by atoms with Crippen LogP contribution >= 0.6 is 0 Å². The minimum Gasteiger partial charge on any atom is -0.877 e. The van der Waals surface area contributed by atoms with Gasteiger partial charge in [0.1, 0.15) is 0 Å². The molecule has 6 heteroatoms. The predicted octanol–water partition coefficient (Wildman–Crippen LogP) is -1.78. The fourth-order valence-electron chi connectivity index (χ4n) is 2.52. The quantitative estimate of drug-likeness (QED) is 0.285. The maximum absolute atomic E-state index is 12.3. The van der Waals surface area contributed by atoms with Gasteiger partial charge < -0.3 is 5.11 Å². The van der Waals surface area contributed by atoms with E-state index in [0.29, 0.717) is 6.26 Å². The Balaban J connectivity index is 0.00000208. The summed E-state index contributed by atoms with van der Waals surface area (Å²) in [5.74, 6) is -1.10. The minimum atomic E-state index is -0.551. The largest absolute Gasteiger partial charge is 1.00 e. The zero-order chi connectivity index (χ0) is 16.2. The zero-order valence-corrected chi connectivity index (χ0v) is 16.5. The zero-order valence-electron chi connectivity index (χ0n) is 13.4. The SMILES string of the molecule is O=C1C(=C[O-])C(=O)N(Cc2ccccc2)N1Cc1ccccc1.[K+]. The summed E-state index contributed by atoms with van der Waals surface area (Å²) in [7, 11) is 0. The van der Waals surface area contributed by atoms with Crippen molar-refractivity contribution in [1.82, 2.24) is 10.0 Å². The van der Waals surface area contributed by atoms with Crippen LogP contribution in [-0.4, -0.2) is 21.8 Å². The average molecular weight is 346 g/mol. The summed E-state index contributed by atoms with van der Waals surface area (Å²) in [5.41, 5.74) is 1.45. The Morgan fingerprint density at radius 3 is 1.46 bits per heavy atom. The van der Waals surface area contributed by atoms with Crippen molar-refractivity contribution in [3.8, 4) is 0 Å². The standard InChI is InChI=1S/C18H16N2O3.K/c21-13-16-17(22)19(11-14-7-3-1-4-8-14)20(18(16)23)12-15-9-5-2-6-10-15;/h1-10,13,21H,11-12H2;/q;+1/p-1. The molecule has 0 atom stereocenters. The van der Waals surface area contributed by atoms with E-state index in [0.717, 1.165) is 11.1 Å². The van der Waals surface area contributed by atoms with Crippen LogP contribution in [0.15, 0.2) is 72.5 Å². The molecule has 116 valence electrons. The number of carbonyl (C=O) groups is 2. The molecule has 3 rings (SSSR count). The molecular weight excluding hydrogens is 331 g/mol. The van der Waals surface area contributed by atoms with Crippen molar-refractivity contribution in [2.24, 2.45) is 0 Å². The van der Waals surface area contributed by atoms with E-state index < -0.39 is 11.8 Å². The number of hydrogen-bond acceptors (Lipinski definition) is 3. The molecule has 1 aliphatic heterocycles. The second-order valence-electron chi connectivity index (χ2n) is 5.23. The smallest absolute Gasteiger partial charge is 0.877 e. The van der Waals surface area contributed by atoms with E-state index in [9.17, 15) is 14.7 Å². The van der Waals surface area contributed by atoms with Crippen LogP contribution in [0.1, 0.15) is 11.1 Å². The van der Waals surface area contributed by atoms with Gasteiger partial charge in [0.25, 0.3) is 11.8 Å². The number of carbonyl (C=O) groups excluding carboxylic acids is 2. The summed E-state index contributed by atoms with van der Waals surface area (Å²) in [6, 6.07) is 18.7. The molecule has 5 nitrogen and oxygen atoms in total. The molecule has 0 saturated carbocycles. The molecule has 24 heavy (non-hydrogen) atoms. The summed E-state index contributed by atoms with van der Waals surface area (Å²) >= 11 is 0. The molecule has 0 bridgehead atoms. The number of benzene rings is 2. The molecule has 1 heterocycles. The number of hydrogen-bond donors (Lipinski definition) is 0. The maximum Gasteiger partial charge on any atom is 1.00 e. The second kappa shape index (κ2) is 8.59. The van der Waals surface area contributed by atoms with Crippen molar-refractivity contribution in [3.63, 3.8) is 0 Å². The third-order valence-corrected chi connectivity index (χ3v) is 3.69. The molecule has 0 aliphatic carbocycles. The third-order valence-electron chi connectivity index (χ3n) is 3.69. The normalized spacial score (nSPS) is 13.9. The van der Waals surface area contributed by atoms with Gasteiger partial charge in [-0.25, -0.2) is 10.0 Å². The Morgan fingerprint density at radius 2 is 1.12 bits per heavy atom. The predicted molar refractivity (Wildman–Crippen MR) is 82.1 cm³/mol. The first-order valence-corrected chi connectivity index (χ1v) is 7.24. The molecule has 0 N–H and O–H groups in total. The molecule has 2 aromatic rings. The van der Waals surface area contributed by atoms with Crippen LogP contribution in [0.25, 0.3) is 0 Å². The molecule has 1 saturated heterocycles. The number of hydrazine groups is 1. The van der Waals surface area contributed by atoms with Crippen molar-refractivity contribution in [2.45, 2.75) is 13.1 Å². The van der Waals surface area contributed by atoms with Gasteiger partial charge in [0, 0.05) is 0 Å². The van der Waals surface area contributed by atoms with Crippen LogP contribution in [0.2, 0.25) is 0 Å². The van der Waals surface area contributed by atoms with E-state index in [1.165, 1.54) is 10.0 Å². The molecule has 1 aliphatic rings. The molecule has 1 fully saturated rings. The van der Waals surface area contributed by atoms with Crippen LogP contribution in [0.3, 0.4) is 0 Å². The minimum absolute atomic E-state index is 0. The van der Waals surface area contributed by atoms with E-state index >= 15 is 0 Å². The Bertz CT molecular complexity index is 686. The third kappa shape index (κ3) is 3.96. The average Bonchev–Trinajstić information content (AvgIpc) is 2.80. The van der Waals surface area contributed by atoms with E-state index in [4.69, 9.17) is 0 Å². The summed E-state index contributed by atoms with van der Waals surface area (Å²) < 4.78 is 0. The Hall–Kier alpha value is -1.44. The van der Waals surface area contributed by atoms with Gasteiger partial charge in [-0.15, -0.1) is 6.26 Å². The van der Waals surface area contributed by atoms with Gasteiger partial charge in [0.05, 0.1) is 18.7 Å². The topological polar surface area (TPSA) is 63.7 Å². The van der Waals surface area contributed by atoms with Gasteiger partial charge >= 0.3 is 51.4 Å². The van der Waals surface area contributed by atoms with E-state index in [-0.39, 0.29) is 70.0 Å². The first-order chi connectivity index (χ1) is 11.2. The van der Waals surface area contributed by atoms with E-state index in [1.54, 1.807) is 0 Å². The van der Waals surface area contributed by atoms with Crippen molar-refractivity contribution in [1.29, 1.82) is 0 Å². The molecule has 0 aromatic heterocycles. The number of amides is 2. The van der Waals surface area contributed by atoms with Crippen molar-refractivity contribution in [2.75, 3.05) is 0 Å². The first-order valence-electron chi connectivity index (χ1n) is 7.24. The van der Waals surface area contributed by atoms with Crippen LogP contribution < -0.4 is 56.5 Å². The number of nitrogens with zero attached hydrogens (tertiary/aromatic N) is 2. The van der Waals surface area contributed by atoms with Gasteiger partial charge in [-0.05, 0) is 11.1 Å². The van der Waals surface area contributed by atoms with Crippen molar-refractivity contribution in [3.05, 3.63) is 83.6 Å². The summed E-state index contributed by atoms with van der Waals surface area (Å²) in [4.78, 5) is 24.7. The van der Waals surface area contributed by atoms with Crippen LogP contribution in [0.4, 0.5) is 0 Å². The van der Waals surface area contributed by atoms with Gasteiger partial charge in [0.2, 0.25) is 0 Å². The van der Waals surface area contributed by atoms with Gasteiger partial charge in [-0.2, -0.15) is 0 Å². The molecule has 2 aromatic carbocycles. The maximum atomic E-state index is 12.3. The van der Waals surface area contributed by atoms with E-state index in [1.807, 2.05) is 60.7 Å². The van der Waals surface area contributed by atoms with Crippen molar-refractivity contribution < 1.29 is 66.1 Å². The van der Waals surface area contributed by atoms with Gasteiger partial charge in [0.15, 0.2) is 0 Å². The van der Waals surface area contributed by atoms with Crippen LogP contribution in [-0.2, 0) is 22.7 Å². The van der Waals surface area contributed by atoms with Crippen molar-refractivity contribution >= 4 is 11.8 Å². The Morgan fingerprint density at radius 1 is 0.750 bits per heavy atom. The van der Waals surface area contributed by atoms with Gasteiger partial charge in [-0.1, -0.05) is 60.7 Å². The molecule has 0 unspecified atom stereocenters. The fraction of sp³-hybridized carbons (Fsp3) is 0.111. The number of rotatable bonds is 4.